The molecule has 1 unspecified atom stereocenters. The van der Waals surface area contributed by atoms with Crippen molar-refractivity contribution in [1.82, 2.24) is 0 Å². The molecule has 1 aliphatic rings. The van der Waals surface area contributed by atoms with Crippen LogP contribution in [0.15, 0.2) is 6.07 Å². The maximum Gasteiger partial charge on any atom is 0.141 e. The molecule has 1 aliphatic carbocycles. The zero-order valence-electron chi connectivity index (χ0n) is 10.4. The zero-order valence-corrected chi connectivity index (χ0v) is 11.2. The number of aliphatic hydroxyl groups excluding tert-OH is 1. The quantitative estimate of drug-likeness (QED) is 0.897. The van der Waals surface area contributed by atoms with Gasteiger partial charge in [0.25, 0.3) is 0 Å². The molecule has 0 aromatic heterocycles. The summed E-state index contributed by atoms with van der Waals surface area (Å²) in [7, 11) is 1.64. The van der Waals surface area contributed by atoms with Crippen LogP contribution in [0.4, 0.5) is 0 Å². The Labute approximate surface area is 108 Å². The molecule has 1 N–H and O–H groups in total. The highest BCUT2D eigenvalue weighted by Gasteiger charge is 2.21. The van der Waals surface area contributed by atoms with Gasteiger partial charge in [-0.05, 0) is 36.8 Å². The van der Waals surface area contributed by atoms with E-state index in [1.54, 1.807) is 7.11 Å². The van der Waals surface area contributed by atoms with E-state index in [2.05, 4.69) is 6.07 Å². The smallest absolute Gasteiger partial charge is 0.141 e. The molecule has 0 saturated heterocycles. The van der Waals surface area contributed by atoms with Crippen molar-refractivity contribution in [3.63, 3.8) is 0 Å². The predicted octanol–water partition coefficient (Wildman–Crippen LogP) is 3.32. The molecular weight excluding hydrogens is 236 g/mol. The number of fused-ring (bicyclic) bond motifs is 1. The third-order valence-electron chi connectivity index (χ3n) is 3.58. The van der Waals surface area contributed by atoms with Gasteiger partial charge in [-0.1, -0.05) is 24.6 Å². The summed E-state index contributed by atoms with van der Waals surface area (Å²) < 4.78 is 5.42. The van der Waals surface area contributed by atoms with Gasteiger partial charge in [0.05, 0.1) is 12.1 Å². The first-order valence-electron chi connectivity index (χ1n) is 6.18. The van der Waals surface area contributed by atoms with Gasteiger partial charge in [-0.15, -0.1) is 0 Å². The largest absolute Gasteiger partial charge is 0.495 e. The third kappa shape index (κ3) is 2.29. The topological polar surface area (TPSA) is 29.5 Å². The molecular formula is C14H19ClO2. The number of rotatable bonds is 3. The van der Waals surface area contributed by atoms with Gasteiger partial charge in [0.2, 0.25) is 0 Å². The normalized spacial score (nSPS) is 16.5. The number of hydrogen-bond donors (Lipinski definition) is 1. The van der Waals surface area contributed by atoms with Crippen LogP contribution in [0.25, 0.3) is 0 Å². The minimum atomic E-state index is 0.0645. The molecule has 0 saturated carbocycles. The number of hydrogen-bond acceptors (Lipinski definition) is 2. The van der Waals surface area contributed by atoms with Crippen molar-refractivity contribution in [2.24, 2.45) is 0 Å². The Balaban J connectivity index is 2.55. The Morgan fingerprint density at radius 2 is 2.12 bits per heavy atom. The van der Waals surface area contributed by atoms with E-state index in [-0.39, 0.29) is 12.5 Å². The Kier molecular flexibility index (Phi) is 3.95. The van der Waals surface area contributed by atoms with Crippen LogP contribution in [0.3, 0.4) is 0 Å². The maximum absolute atomic E-state index is 9.30. The summed E-state index contributed by atoms with van der Waals surface area (Å²) in [5, 5.41) is 10.1. The highest BCUT2D eigenvalue weighted by Crippen LogP contribution is 2.40. The number of halogens is 1. The standard InChI is InChI=1S/C14H19ClO2/c1-9(8-16)12-7-10-5-3-4-6-11(10)13(15)14(12)17-2/h7,9,16H,3-6,8H2,1-2H3. The molecule has 0 amide bonds. The van der Waals surface area contributed by atoms with Crippen LogP contribution in [0, 0.1) is 0 Å². The van der Waals surface area contributed by atoms with E-state index < -0.39 is 0 Å². The number of aryl methyl sites for hydroxylation is 1. The minimum Gasteiger partial charge on any atom is -0.495 e. The van der Waals surface area contributed by atoms with E-state index in [9.17, 15) is 5.11 Å². The van der Waals surface area contributed by atoms with E-state index in [4.69, 9.17) is 16.3 Å². The van der Waals surface area contributed by atoms with Crippen LogP contribution in [0.2, 0.25) is 5.02 Å². The maximum atomic E-state index is 9.30. The fraction of sp³-hybridized carbons (Fsp3) is 0.571. The van der Waals surface area contributed by atoms with E-state index in [1.807, 2.05) is 6.92 Å². The van der Waals surface area contributed by atoms with Gasteiger partial charge in [-0.2, -0.15) is 0 Å². The molecule has 0 radical (unpaired) electrons. The number of aliphatic hydroxyl groups is 1. The lowest BCUT2D eigenvalue weighted by atomic mass is 9.87. The van der Waals surface area contributed by atoms with Gasteiger partial charge >= 0.3 is 0 Å². The zero-order chi connectivity index (χ0) is 12.4. The first kappa shape index (κ1) is 12.7. The molecule has 2 nitrogen and oxygen atoms in total. The van der Waals surface area contributed by atoms with Gasteiger partial charge in [0.15, 0.2) is 0 Å². The highest BCUT2D eigenvalue weighted by atomic mass is 35.5. The highest BCUT2D eigenvalue weighted by molar-refractivity contribution is 6.33. The van der Waals surface area contributed by atoms with Crippen LogP contribution < -0.4 is 4.74 Å². The van der Waals surface area contributed by atoms with Gasteiger partial charge in [-0.3, -0.25) is 0 Å². The van der Waals surface area contributed by atoms with E-state index >= 15 is 0 Å². The van der Waals surface area contributed by atoms with E-state index in [1.165, 1.54) is 24.0 Å². The van der Waals surface area contributed by atoms with Crippen molar-refractivity contribution in [1.29, 1.82) is 0 Å². The monoisotopic (exact) mass is 254 g/mol. The lowest BCUT2D eigenvalue weighted by molar-refractivity contribution is 0.269. The second-order valence-corrected chi connectivity index (χ2v) is 5.12. The molecule has 1 aromatic rings. The minimum absolute atomic E-state index is 0.0645. The first-order chi connectivity index (χ1) is 8.19. The number of ether oxygens (including phenoxy) is 1. The molecule has 0 aliphatic heterocycles. The van der Waals surface area contributed by atoms with Crippen molar-refractivity contribution in [2.45, 2.75) is 38.5 Å². The summed E-state index contributed by atoms with van der Waals surface area (Å²) in [5.74, 6) is 0.809. The molecule has 0 bridgehead atoms. The number of benzene rings is 1. The first-order valence-corrected chi connectivity index (χ1v) is 6.55. The van der Waals surface area contributed by atoms with Crippen LogP contribution in [-0.4, -0.2) is 18.8 Å². The molecule has 17 heavy (non-hydrogen) atoms. The van der Waals surface area contributed by atoms with Gasteiger partial charge in [-0.25, -0.2) is 0 Å². The molecule has 0 spiro atoms. The van der Waals surface area contributed by atoms with Crippen molar-refractivity contribution in [3.8, 4) is 5.75 Å². The summed E-state index contributed by atoms with van der Waals surface area (Å²) in [5.41, 5.74) is 3.60. The Morgan fingerprint density at radius 3 is 2.76 bits per heavy atom. The third-order valence-corrected chi connectivity index (χ3v) is 3.98. The Hall–Kier alpha value is -0.730. The summed E-state index contributed by atoms with van der Waals surface area (Å²) in [6, 6.07) is 2.17. The van der Waals surface area contributed by atoms with Crippen molar-refractivity contribution in [2.75, 3.05) is 13.7 Å². The summed E-state index contributed by atoms with van der Waals surface area (Å²) >= 11 is 6.43. The SMILES string of the molecule is COc1c(C(C)CO)cc2c(c1Cl)CCCC2. The van der Waals surface area contributed by atoms with Gasteiger partial charge in [0.1, 0.15) is 5.75 Å². The lowest BCUT2D eigenvalue weighted by Gasteiger charge is -2.23. The van der Waals surface area contributed by atoms with Crippen molar-refractivity contribution in [3.05, 3.63) is 27.8 Å². The van der Waals surface area contributed by atoms with Crippen LogP contribution >= 0.6 is 11.6 Å². The van der Waals surface area contributed by atoms with Crippen LogP contribution in [-0.2, 0) is 12.8 Å². The predicted molar refractivity (Wildman–Crippen MR) is 70.1 cm³/mol. The fourth-order valence-electron chi connectivity index (χ4n) is 2.53. The Bertz CT molecular complexity index is 415. The second-order valence-electron chi connectivity index (χ2n) is 4.74. The summed E-state index contributed by atoms with van der Waals surface area (Å²) in [6.45, 7) is 2.11. The van der Waals surface area contributed by atoms with Gasteiger partial charge in [0, 0.05) is 18.1 Å². The Morgan fingerprint density at radius 1 is 1.41 bits per heavy atom. The van der Waals surface area contributed by atoms with Crippen molar-refractivity contribution >= 4 is 11.6 Å². The molecule has 0 heterocycles. The molecule has 94 valence electrons. The van der Waals surface area contributed by atoms with E-state index in [0.29, 0.717) is 0 Å². The van der Waals surface area contributed by atoms with Crippen LogP contribution in [0.1, 0.15) is 42.4 Å². The molecule has 2 rings (SSSR count). The molecule has 3 heteroatoms. The molecule has 1 aromatic carbocycles. The van der Waals surface area contributed by atoms with Crippen LogP contribution in [0.5, 0.6) is 5.75 Å². The average molecular weight is 255 g/mol. The van der Waals surface area contributed by atoms with Gasteiger partial charge < -0.3 is 9.84 Å². The van der Waals surface area contributed by atoms with Crippen molar-refractivity contribution < 1.29 is 9.84 Å². The molecule has 0 fully saturated rings. The number of methoxy groups -OCH3 is 1. The summed E-state index contributed by atoms with van der Waals surface area (Å²) in [6.07, 6.45) is 4.55. The lowest BCUT2D eigenvalue weighted by Crippen LogP contribution is -2.09. The van der Waals surface area contributed by atoms with E-state index in [0.717, 1.165) is 29.2 Å². The fourth-order valence-corrected chi connectivity index (χ4v) is 2.93. The summed E-state index contributed by atoms with van der Waals surface area (Å²) in [4.78, 5) is 0. The second kappa shape index (κ2) is 5.28. The molecule has 1 atom stereocenters. The average Bonchev–Trinajstić information content (AvgIpc) is 2.37.